The molecule has 0 unspecified atom stereocenters. The van der Waals surface area contributed by atoms with E-state index >= 15 is 0 Å². The van der Waals surface area contributed by atoms with Crippen molar-refractivity contribution in [2.24, 2.45) is 0 Å². The molecule has 1 fully saturated rings. The molecule has 1 aromatic heterocycles. The molecule has 1 N–H and O–H groups in total. The van der Waals surface area contributed by atoms with Crippen LogP contribution in [0.15, 0.2) is 42.7 Å². The quantitative estimate of drug-likeness (QED) is 0.883. The van der Waals surface area contributed by atoms with Crippen LogP contribution in [0.1, 0.15) is 24.0 Å². The van der Waals surface area contributed by atoms with Gasteiger partial charge in [0.2, 0.25) is 0 Å². The molecule has 1 heterocycles. The highest BCUT2D eigenvalue weighted by atomic mass is 35.5. The lowest BCUT2D eigenvalue weighted by Gasteiger charge is -2.21. The maximum atomic E-state index is 6.44. The van der Waals surface area contributed by atoms with Crippen LogP contribution in [0.25, 0.3) is 0 Å². The second-order valence-corrected chi connectivity index (χ2v) is 6.06. The highest BCUT2D eigenvalue weighted by molar-refractivity contribution is 6.33. The molecular formula is C17H20ClN3. The van der Waals surface area contributed by atoms with Crippen LogP contribution in [-0.4, -0.2) is 18.1 Å². The summed E-state index contributed by atoms with van der Waals surface area (Å²) in [6.45, 7) is 1.72. The number of pyridine rings is 1. The molecular weight excluding hydrogens is 282 g/mol. The molecule has 1 aliphatic rings. The van der Waals surface area contributed by atoms with Gasteiger partial charge in [0.25, 0.3) is 0 Å². The number of rotatable bonds is 6. The summed E-state index contributed by atoms with van der Waals surface area (Å²) in [5.74, 6) is 0. The molecule has 3 nitrogen and oxygen atoms in total. The number of hydrogen-bond acceptors (Lipinski definition) is 3. The summed E-state index contributed by atoms with van der Waals surface area (Å²) in [7, 11) is 2.06. The number of halogens is 1. The van der Waals surface area contributed by atoms with Crippen molar-refractivity contribution in [3.05, 3.63) is 58.9 Å². The lowest BCUT2D eigenvalue weighted by Crippen LogP contribution is -2.18. The summed E-state index contributed by atoms with van der Waals surface area (Å²) < 4.78 is 0. The van der Waals surface area contributed by atoms with Gasteiger partial charge in [0.05, 0.1) is 10.7 Å². The minimum atomic E-state index is 0.720. The molecule has 0 radical (unpaired) electrons. The molecule has 0 spiro atoms. The third-order valence-electron chi connectivity index (χ3n) is 3.76. The standard InChI is InChI=1S/C17H20ClN3/c1-21(12-13-6-8-19-9-7-13)17-5-2-14(10-16(17)18)11-20-15-3-4-15/h2,5-10,15,20H,3-4,11-12H2,1H3. The molecule has 1 aromatic carbocycles. The molecule has 0 atom stereocenters. The van der Waals surface area contributed by atoms with Crippen LogP contribution in [0.2, 0.25) is 5.02 Å². The van der Waals surface area contributed by atoms with E-state index in [1.165, 1.54) is 24.0 Å². The molecule has 4 heteroatoms. The fraction of sp³-hybridized carbons (Fsp3) is 0.353. The minimum Gasteiger partial charge on any atom is -0.369 e. The first-order valence-corrected chi connectivity index (χ1v) is 7.72. The number of nitrogens with zero attached hydrogens (tertiary/aromatic N) is 2. The van der Waals surface area contributed by atoms with Gasteiger partial charge in [-0.25, -0.2) is 0 Å². The second-order valence-electron chi connectivity index (χ2n) is 5.65. The summed E-state index contributed by atoms with van der Waals surface area (Å²) in [6, 6.07) is 11.1. The monoisotopic (exact) mass is 301 g/mol. The number of nitrogens with one attached hydrogen (secondary N) is 1. The maximum absolute atomic E-state index is 6.44. The Kier molecular flexibility index (Phi) is 4.42. The first-order valence-electron chi connectivity index (χ1n) is 7.34. The fourth-order valence-corrected chi connectivity index (χ4v) is 2.71. The summed E-state index contributed by atoms with van der Waals surface area (Å²) in [4.78, 5) is 6.21. The zero-order valence-corrected chi connectivity index (χ0v) is 13.0. The molecule has 0 aliphatic heterocycles. The van der Waals surface area contributed by atoms with Crippen molar-refractivity contribution < 1.29 is 0 Å². The van der Waals surface area contributed by atoms with Crippen LogP contribution in [-0.2, 0) is 13.1 Å². The van der Waals surface area contributed by atoms with Gasteiger partial charge in [-0.15, -0.1) is 0 Å². The largest absolute Gasteiger partial charge is 0.369 e. The molecule has 3 rings (SSSR count). The van der Waals surface area contributed by atoms with E-state index in [-0.39, 0.29) is 0 Å². The molecule has 1 aliphatic carbocycles. The van der Waals surface area contributed by atoms with Gasteiger partial charge in [0, 0.05) is 38.6 Å². The molecule has 1 saturated carbocycles. The van der Waals surface area contributed by atoms with Crippen LogP contribution in [0.3, 0.4) is 0 Å². The van der Waals surface area contributed by atoms with Crippen LogP contribution >= 0.6 is 11.6 Å². The Morgan fingerprint density at radius 2 is 1.95 bits per heavy atom. The predicted molar refractivity (Wildman–Crippen MR) is 87.7 cm³/mol. The third kappa shape index (κ3) is 3.96. The van der Waals surface area contributed by atoms with Gasteiger partial charge >= 0.3 is 0 Å². The van der Waals surface area contributed by atoms with E-state index in [9.17, 15) is 0 Å². The van der Waals surface area contributed by atoms with Crippen molar-refractivity contribution in [2.75, 3.05) is 11.9 Å². The van der Waals surface area contributed by atoms with E-state index in [4.69, 9.17) is 11.6 Å². The lowest BCUT2D eigenvalue weighted by atomic mass is 10.1. The van der Waals surface area contributed by atoms with Crippen LogP contribution < -0.4 is 10.2 Å². The van der Waals surface area contributed by atoms with E-state index in [2.05, 4.69) is 40.4 Å². The summed E-state index contributed by atoms with van der Waals surface area (Å²) >= 11 is 6.44. The van der Waals surface area contributed by atoms with Crippen LogP contribution in [0.4, 0.5) is 5.69 Å². The van der Waals surface area contributed by atoms with E-state index < -0.39 is 0 Å². The third-order valence-corrected chi connectivity index (χ3v) is 4.07. The zero-order chi connectivity index (χ0) is 14.7. The van der Waals surface area contributed by atoms with Crippen LogP contribution in [0.5, 0.6) is 0 Å². The molecule has 2 aromatic rings. The average molecular weight is 302 g/mol. The normalized spacial score (nSPS) is 14.2. The van der Waals surface area contributed by atoms with E-state index in [1.54, 1.807) is 0 Å². The predicted octanol–water partition coefficient (Wildman–Crippen LogP) is 3.62. The molecule has 0 saturated heterocycles. The van der Waals surface area contributed by atoms with Crippen molar-refractivity contribution in [1.29, 1.82) is 0 Å². The maximum Gasteiger partial charge on any atom is 0.0642 e. The Hall–Kier alpha value is -1.58. The Bertz CT molecular complexity index is 596. The summed E-state index contributed by atoms with van der Waals surface area (Å²) in [6.07, 6.45) is 6.25. The van der Waals surface area contributed by atoms with E-state index in [0.29, 0.717) is 0 Å². The van der Waals surface area contributed by atoms with Crippen molar-refractivity contribution in [3.63, 3.8) is 0 Å². The summed E-state index contributed by atoms with van der Waals surface area (Å²) in [5.41, 5.74) is 3.53. The number of hydrogen-bond donors (Lipinski definition) is 1. The van der Waals surface area contributed by atoms with Gasteiger partial charge in [-0.05, 0) is 48.2 Å². The Morgan fingerprint density at radius 1 is 1.19 bits per heavy atom. The van der Waals surface area contributed by atoms with Crippen molar-refractivity contribution in [1.82, 2.24) is 10.3 Å². The van der Waals surface area contributed by atoms with Gasteiger partial charge in [0.15, 0.2) is 0 Å². The molecule has 0 bridgehead atoms. The fourth-order valence-electron chi connectivity index (χ4n) is 2.37. The smallest absolute Gasteiger partial charge is 0.0642 e. The van der Waals surface area contributed by atoms with Gasteiger partial charge in [-0.1, -0.05) is 17.7 Å². The Labute approximate surface area is 131 Å². The van der Waals surface area contributed by atoms with Gasteiger partial charge < -0.3 is 10.2 Å². The first kappa shape index (κ1) is 14.4. The van der Waals surface area contributed by atoms with Crippen LogP contribution in [0, 0.1) is 0 Å². The highest BCUT2D eigenvalue weighted by Crippen LogP contribution is 2.27. The highest BCUT2D eigenvalue weighted by Gasteiger charge is 2.20. The van der Waals surface area contributed by atoms with E-state index in [0.717, 1.165) is 29.8 Å². The van der Waals surface area contributed by atoms with Crippen molar-refractivity contribution in [3.8, 4) is 0 Å². The minimum absolute atomic E-state index is 0.720. The second kappa shape index (κ2) is 6.46. The van der Waals surface area contributed by atoms with Gasteiger partial charge in [-0.2, -0.15) is 0 Å². The zero-order valence-electron chi connectivity index (χ0n) is 12.2. The molecule has 21 heavy (non-hydrogen) atoms. The van der Waals surface area contributed by atoms with Crippen molar-refractivity contribution in [2.45, 2.75) is 32.0 Å². The Morgan fingerprint density at radius 3 is 2.62 bits per heavy atom. The lowest BCUT2D eigenvalue weighted by molar-refractivity contribution is 0.688. The van der Waals surface area contributed by atoms with Crippen molar-refractivity contribution >= 4 is 17.3 Å². The molecule has 110 valence electrons. The Balaban J connectivity index is 1.66. The van der Waals surface area contributed by atoms with Gasteiger partial charge in [0.1, 0.15) is 0 Å². The van der Waals surface area contributed by atoms with Gasteiger partial charge in [-0.3, -0.25) is 4.98 Å². The average Bonchev–Trinajstić information content (AvgIpc) is 3.30. The summed E-state index contributed by atoms with van der Waals surface area (Å²) in [5, 5.41) is 4.32. The number of aromatic nitrogens is 1. The molecule has 0 amide bonds. The number of anilines is 1. The van der Waals surface area contributed by atoms with E-state index in [1.807, 2.05) is 24.5 Å². The SMILES string of the molecule is CN(Cc1ccncc1)c1ccc(CNC2CC2)cc1Cl. The first-order chi connectivity index (χ1) is 10.2. The number of benzene rings is 1. The topological polar surface area (TPSA) is 28.2 Å².